The van der Waals surface area contributed by atoms with Gasteiger partial charge in [0.2, 0.25) is 0 Å². The van der Waals surface area contributed by atoms with E-state index in [-0.39, 0.29) is 5.54 Å². The molecule has 3 aromatic rings. The van der Waals surface area contributed by atoms with Crippen LogP contribution in [-0.2, 0) is 5.54 Å². The fourth-order valence-electron chi connectivity index (χ4n) is 2.35. The Morgan fingerprint density at radius 2 is 2.24 bits per heavy atom. The van der Waals surface area contributed by atoms with E-state index in [4.69, 9.17) is 5.26 Å². The van der Waals surface area contributed by atoms with Gasteiger partial charge in [0.05, 0.1) is 23.5 Å². The van der Waals surface area contributed by atoms with Crippen molar-refractivity contribution in [1.82, 2.24) is 24.7 Å². The number of hydrogen-bond acceptors (Lipinski definition) is 4. The monoisotopic (exact) mass is 280 g/mol. The second kappa shape index (κ2) is 5.02. The van der Waals surface area contributed by atoms with Crippen LogP contribution in [0.5, 0.6) is 0 Å². The van der Waals surface area contributed by atoms with Gasteiger partial charge in [0.1, 0.15) is 12.0 Å². The first-order chi connectivity index (χ1) is 10.1. The van der Waals surface area contributed by atoms with Crippen LogP contribution in [0.4, 0.5) is 0 Å². The van der Waals surface area contributed by atoms with Crippen LogP contribution < -0.4 is 0 Å². The minimum absolute atomic E-state index is 0.196. The average molecular weight is 280 g/mol. The first-order valence-electron chi connectivity index (χ1n) is 6.82. The summed E-state index contributed by atoms with van der Waals surface area (Å²) in [5, 5.41) is 14.2. The summed E-state index contributed by atoms with van der Waals surface area (Å²) in [7, 11) is 0. The molecule has 3 aromatic heterocycles. The van der Waals surface area contributed by atoms with Crippen LogP contribution in [0.25, 0.3) is 22.3 Å². The van der Waals surface area contributed by atoms with Gasteiger partial charge in [-0.05, 0) is 26.3 Å². The fourth-order valence-corrected chi connectivity index (χ4v) is 2.35. The Morgan fingerprint density at radius 3 is 3.05 bits per heavy atom. The first kappa shape index (κ1) is 13.3. The number of aromatic amines is 1. The molecule has 0 radical (unpaired) electrons. The predicted molar refractivity (Wildman–Crippen MR) is 79.3 cm³/mol. The van der Waals surface area contributed by atoms with Crippen LogP contribution in [0.15, 0.2) is 31.0 Å². The van der Waals surface area contributed by atoms with E-state index < -0.39 is 0 Å². The largest absolute Gasteiger partial charge is 0.346 e. The van der Waals surface area contributed by atoms with Gasteiger partial charge in [-0.15, -0.1) is 0 Å². The molecule has 0 aliphatic carbocycles. The summed E-state index contributed by atoms with van der Waals surface area (Å²) in [6, 6.07) is 4.15. The van der Waals surface area contributed by atoms with Crippen molar-refractivity contribution in [3.63, 3.8) is 0 Å². The van der Waals surface area contributed by atoms with E-state index in [1.807, 2.05) is 29.3 Å². The first-order valence-corrected chi connectivity index (χ1v) is 6.82. The summed E-state index contributed by atoms with van der Waals surface area (Å²) in [6.07, 6.45) is 8.46. The highest BCUT2D eigenvalue weighted by molar-refractivity contribution is 5.89. The Hall–Kier alpha value is -2.68. The highest BCUT2D eigenvalue weighted by atomic mass is 15.3. The lowest BCUT2D eigenvalue weighted by Gasteiger charge is -2.24. The third-order valence-electron chi connectivity index (χ3n) is 3.68. The lowest BCUT2D eigenvalue weighted by atomic mass is 9.99. The van der Waals surface area contributed by atoms with Crippen molar-refractivity contribution in [2.75, 3.05) is 0 Å². The maximum absolute atomic E-state index is 8.75. The topological polar surface area (TPSA) is 83.2 Å². The Kier molecular flexibility index (Phi) is 3.18. The molecule has 21 heavy (non-hydrogen) atoms. The zero-order valence-corrected chi connectivity index (χ0v) is 12.0. The molecular formula is C15H16N6. The molecule has 0 aliphatic rings. The smallest absolute Gasteiger partial charge is 0.141 e. The number of rotatable bonds is 4. The molecule has 0 fully saturated rings. The van der Waals surface area contributed by atoms with E-state index in [9.17, 15) is 0 Å². The van der Waals surface area contributed by atoms with Crippen molar-refractivity contribution in [2.45, 2.75) is 32.2 Å². The fraction of sp³-hybridized carbons (Fsp3) is 0.333. The maximum atomic E-state index is 8.75. The van der Waals surface area contributed by atoms with Crippen LogP contribution in [0.3, 0.4) is 0 Å². The zero-order chi connectivity index (χ0) is 14.9. The number of nitrogens with zero attached hydrogens (tertiary/aromatic N) is 5. The molecule has 6 nitrogen and oxygen atoms in total. The third kappa shape index (κ3) is 2.38. The lowest BCUT2D eigenvalue weighted by molar-refractivity contribution is 0.299. The molecule has 0 atom stereocenters. The third-order valence-corrected chi connectivity index (χ3v) is 3.68. The zero-order valence-electron chi connectivity index (χ0n) is 12.0. The van der Waals surface area contributed by atoms with E-state index in [0.29, 0.717) is 6.42 Å². The number of nitriles is 1. The molecule has 3 heterocycles. The van der Waals surface area contributed by atoms with Gasteiger partial charge >= 0.3 is 0 Å². The highest BCUT2D eigenvalue weighted by Crippen LogP contribution is 2.27. The summed E-state index contributed by atoms with van der Waals surface area (Å²) in [4.78, 5) is 11.6. The maximum Gasteiger partial charge on any atom is 0.141 e. The van der Waals surface area contributed by atoms with Crippen molar-refractivity contribution >= 4 is 11.0 Å². The normalized spacial score (nSPS) is 11.7. The number of fused-ring (bicyclic) bond motifs is 1. The Morgan fingerprint density at radius 1 is 1.38 bits per heavy atom. The second-order valence-corrected chi connectivity index (χ2v) is 5.61. The Balaban J connectivity index is 1.99. The molecule has 0 aliphatic heterocycles. The molecule has 3 rings (SSSR count). The van der Waals surface area contributed by atoms with Gasteiger partial charge in [-0.3, -0.25) is 4.68 Å². The van der Waals surface area contributed by atoms with Gasteiger partial charge in [0, 0.05) is 29.8 Å². The molecule has 0 bridgehead atoms. The molecule has 0 saturated heterocycles. The van der Waals surface area contributed by atoms with Crippen molar-refractivity contribution in [3.05, 3.63) is 31.0 Å². The average Bonchev–Trinajstić information content (AvgIpc) is 3.13. The Labute approximate surface area is 122 Å². The quantitative estimate of drug-likeness (QED) is 0.796. The summed E-state index contributed by atoms with van der Waals surface area (Å²) >= 11 is 0. The van der Waals surface area contributed by atoms with Crippen LogP contribution >= 0.6 is 0 Å². The number of aromatic nitrogens is 5. The standard InChI is InChI=1S/C15H16N6/c1-15(2,5-3-6-16)21-9-11(8-20-21)13-12-4-7-17-14(12)19-10-18-13/h4,7-10H,3,5H2,1-2H3,(H,17,18,19). The van der Waals surface area contributed by atoms with E-state index >= 15 is 0 Å². The molecule has 0 unspecified atom stereocenters. The molecule has 0 saturated carbocycles. The molecule has 6 heteroatoms. The van der Waals surface area contributed by atoms with Crippen LogP contribution in [-0.4, -0.2) is 24.7 Å². The van der Waals surface area contributed by atoms with Crippen LogP contribution in [0, 0.1) is 11.3 Å². The lowest BCUT2D eigenvalue weighted by Crippen LogP contribution is -2.26. The van der Waals surface area contributed by atoms with Gasteiger partial charge < -0.3 is 4.98 Å². The Bertz CT molecular complexity index is 805. The van der Waals surface area contributed by atoms with Gasteiger partial charge in [-0.25, -0.2) is 9.97 Å². The van der Waals surface area contributed by atoms with E-state index in [1.165, 1.54) is 0 Å². The summed E-state index contributed by atoms with van der Waals surface area (Å²) in [6.45, 7) is 4.15. The van der Waals surface area contributed by atoms with Crippen LogP contribution in [0.2, 0.25) is 0 Å². The van der Waals surface area contributed by atoms with Crippen LogP contribution in [0.1, 0.15) is 26.7 Å². The molecule has 0 amide bonds. The SMILES string of the molecule is CC(C)(CCC#N)n1cc(-c2ncnc3[nH]ccc23)cn1. The summed E-state index contributed by atoms with van der Waals surface area (Å²) in [5.74, 6) is 0. The second-order valence-electron chi connectivity index (χ2n) is 5.61. The van der Waals surface area contributed by atoms with Gasteiger partial charge in [0.15, 0.2) is 0 Å². The molecular weight excluding hydrogens is 264 g/mol. The molecule has 0 spiro atoms. The number of H-pyrrole nitrogens is 1. The number of hydrogen-bond donors (Lipinski definition) is 1. The molecule has 0 aromatic carbocycles. The molecule has 1 N–H and O–H groups in total. The van der Waals surface area contributed by atoms with Crippen molar-refractivity contribution < 1.29 is 0 Å². The van der Waals surface area contributed by atoms with E-state index in [1.54, 1.807) is 6.33 Å². The van der Waals surface area contributed by atoms with Crippen molar-refractivity contribution in [2.24, 2.45) is 0 Å². The van der Waals surface area contributed by atoms with Crippen molar-refractivity contribution in [3.8, 4) is 17.3 Å². The van der Waals surface area contributed by atoms with Gasteiger partial charge in [-0.1, -0.05) is 0 Å². The summed E-state index contributed by atoms with van der Waals surface area (Å²) < 4.78 is 1.90. The van der Waals surface area contributed by atoms with E-state index in [0.717, 1.165) is 28.7 Å². The molecule has 106 valence electrons. The van der Waals surface area contributed by atoms with Gasteiger partial charge in [-0.2, -0.15) is 10.4 Å². The van der Waals surface area contributed by atoms with Crippen molar-refractivity contribution in [1.29, 1.82) is 5.26 Å². The highest BCUT2D eigenvalue weighted by Gasteiger charge is 2.21. The van der Waals surface area contributed by atoms with Gasteiger partial charge in [0.25, 0.3) is 0 Å². The van der Waals surface area contributed by atoms with E-state index in [2.05, 4.69) is 40.0 Å². The predicted octanol–water partition coefficient (Wildman–Crippen LogP) is 2.86. The minimum Gasteiger partial charge on any atom is -0.346 e. The minimum atomic E-state index is -0.196. The summed E-state index contributed by atoms with van der Waals surface area (Å²) in [5.41, 5.74) is 2.44. The number of nitrogens with one attached hydrogen (secondary N) is 1.